The molecule has 2 rings (SSSR count). The van der Waals surface area contributed by atoms with E-state index in [2.05, 4.69) is 24.4 Å². The van der Waals surface area contributed by atoms with Gasteiger partial charge in [-0.2, -0.15) is 0 Å². The number of nitrogens with one attached hydrogen (secondary N) is 1. The lowest BCUT2D eigenvalue weighted by molar-refractivity contribution is -0.380. The van der Waals surface area contributed by atoms with Crippen LogP contribution in [0.1, 0.15) is 36.9 Å². The molecule has 2 aromatic rings. The molecule has 1 unspecified atom stereocenters. The van der Waals surface area contributed by atoms with E-state index in [4.69, 9.17) is 0 Å². The van der Waals surface area contributed by atoms with Gasteiger partial charge < -0.3 is 5.32 Å². The maximum atomic E-state index is 10.7. The van der Waals surface area contributed by atoms with Crippen molar-refractivity contribution in [3.63, 3.8) is 0 Å². The van der Waals surface area contributed by atoms with Crippen LogP contribution in [-0.4, -0.2) is 4.92 Å². The molecule has 0 aliphatic carbocycles. The van der Waals surface area contributed by atoms with Crippen molar-refractivity contribution in [2.75, 3.05) is 0 Å². The van der Waals surface area contributed by atoms with Crippen molar-refractivity contribution in [2.45, 2.75) is 32.4 Å². The molecule has 4 nitrogen and oxygen atoms in total. The van der Waals surface area contributed by atoms with E-state index in [9.17, 15) is 10.1 Å². The predicted octanol–water partition coefficient (Wildman–Crippen LogP) is 4.29. The average molecular weight is 290 g/mol. The highest BCUT2D eigenvalue weighted by atomic mass is 32.1. The molecule has 1 aromatic heterocycles. The zero-order valence-corrected chi connectivity index (χ0v) is 12.2. The van der Waals surface area contributed by atoms with Gasteiger partial charge in [0.05, 0.1) is 4.92 Å². The first-order chi connectivity index (χ1) is 9.70. The molecule has 1 atom stereocenters. The van der Waals surface area contributed by atoms with Crippen LogP contribution in [0, 0.1) is 10.1 Å². The van der Waals surface area contributed by atoms with Crippen molar-refractivity contribution >= 4 is 16.3 Å². The lowest BCUT2D eigenvalue weighted by Crippen LogP contribution is -2.20. The van der Waals surface area contributed by atoms with Gasteiger partial charge in [-0.15, -0.1) is 0 Å². The van der Waals surface area contributed by atoms with E-state index in [0.717, 1.165) is 18.4 Å². The Morgan fingerprint density at radius 2 is 2.10 bits per heavy atom. The predicted molar refractivity (Wildman–Crippen MR) is 81.9 cm³/mol. The molecule has 0 spiro atoms. The third kappa shape index (κ3) is 3.88. The van der Waals surface area contributed by atoms with E-state index >= 15 is 0 Å². The van der Waals surface area contributed by atoms with Crippen molar-refractivity contribution in [2.24, 2.45) is 0 Å². The molecule has 1 aromatic carbocycles. The second kappa shape index (κ2) is 7.17. The van der Waals surface area contributed by atoms with Gasteiger partial charge in [0.15, 0.2) is 0 Å². The molecule has 0 fully saturated rings. The minimum Gasteiger partial charge on any atom is -0.306 e. The fraction of sp³-hybridized carbons (Fsp3) is 0.333. The van der Waals surface area contributed by atoms with Crippen LogP contribution >= 0.6 is 11.3 Å². The van der Waals surface area contributed by atoms with Crippen LogP contribution in [0.5, 0.6) is 0 Å². The average Bonchev–Trinajstić information content (AvgIpc) is 2.93. The number of thiophene rings is 1. The second-order valence-electron chi connectivity index (χ2n) is 4.68. The molecule has 0 aliphatic heterocycles. The highest BCUT2D eigenvalue weighted by molar-refractivity contribution is 7.13. The largest absolute Gasteiger partial charge is 0.324 e. The van der Waals surface area contributed by atoms with E-state index in [1.165, 1.54) is 16.9 Å². The smallest absolute Gasteiger partial charge is 0.306 e. The summed E-state index contributed by atoms with van der Waals surface area (Å²) in [7, 11) is 0. The Morgan fingerprint density at radius 1 is 1.35 bits per heavy atom. The Morgan fingerprint density at radius 3 is 2.70 bits per heavy atom. The van der Waals surface area contributed by atoms with Crippen molar-refractivity contribution in [1.29, 1.82) is 0 Å². The maximum Gasteiger partial charge on any atom is 0.324 e. The first-order valence-corrected chi connectivity index (χ1v) is 7.58. The Labute approximate surface area is 122 Å². The lowest BCUT2D eigenvalue weighted by atomic mass is 10.0. The van der Waals surface area contributed by atoms with Gasteiger partial charge in [0.1, 0.15) is 0 Å². The molecular weight excluding hydrogens is 272 g/mol. The van der Waals surface area contributed by atoms with E-state index in [0.29, 0.717) is 12.6 Å². The Hall–Kier alpha value is -1.72. The quantitative estimate of drug-likeness (QED) is 0.611. The van der Waals surface area contributed by atoms with E-state index in [1.807, 2.05) is 23.6 Å². The van der Waals surface area contributed by atoms with Gasteiger partial charge >= 0.3 is 5.00 Å². The number of hydrogen-bond donors (Lipinski definition) is 1. The summed E-state index contributed by atoms with van der Waals surface area (Å²) in [6.07, 6.45) is 2.15. The fourth-order valence-electron chi connectivity index (χ4n) is 2.15. The number of rotatable bonds is 7. The minimum absolute atomic E-state index is 0.202. The van der Waals surface area contributed by atoms with E-state index in [1.54, 1.807) is 6.07 Å². The molecular formula is C15H18N2O2S. The van der Waals surface area contributed by atoms with Gasteiger partial charge in [0, 0.05) is 24.0 Å². The fourth-order valence-corrected chi connectivity index (χ4v) is 2.88. The first kappa shape index (κ1) is 14.7. The summed E-state index contributed by atoms with van der Waals surface area (Å²) in [6.45, 7) is 2.82. The molecule has 106 valence electrons. The third-order valence-corrected chi connectivity index (χ3v) is 4.08. The molecule has 1 heterocycles. The van der Waals surface area contributed by atoms with Crippen LogP contribution in [0.4, 0.5) is 5.00 Å². The zero-order valence-electron chi connectivity index (χ0n) is 11.4. The standard InChI is InChI=1S/C15H18N2O2S/c1-2-6-14(13-7-4-3-5-8-13)16-10-12-9-15(17(18)19)20-11-12/h3-5,7-9,11,14,16H,2,6,10H2,1H3. The van der Waals surface area contributed by atoms with Gasteiger partial charge in [-0.05, 0) is 17.5 Å². The van der Waals surface area contributed by atoms with E-state index in [-0.39, 0.29) is 9.92 Å². The van der Waals surface area contributed by atoms with Gasteiger partial charge in [-0.25, -0.2) is 0 Å². The van der Waals surface area contributed by atoms with Crippen molar-refractivity contribution in [3.8, 4) is 0 Å². The number of nitro groups is 1. The summed E-state index contributed by atoms with van der Waals surface area (Å²) in [4.78, 5) is 10.3. The van der Waals surface area contributed by atoms with E-state index < -0.39 is 0 Å². The summed E-state index contributed by atoms with van der Waals surface area (Å²) in [5, 5.41) is 16.2. The zero-order chi connectivity index (χ0) is 14.4. The highest BCUT2D eigenvalue weighted by Crippen LogP contribution is 2.24. The van der Waals surface area contributed by atoms with Crippen LogP contribution < -0.4 is 5.32 Å². The first-order valence-electron chi connectivity index (χ1n) is 6.71. The van der Waals surface area contributed by atoms with Crippen LogP contribution in [0.25, 0.3) is 0 Å². The van der Waals surface area contributed by atoms with Crippen LogP contribution in [0.3, 0.4) is 0 Å². The van der Waals surface area contributed by atoms with Gasteiger partial charge in [0.2, 0.25) is 0 Å². The second-order valence-corrected chi connectivity index (χ2v) is 5.57. The monoisotopic (exact) mass is 290 g/mol. The molecule has 20 heavy (non-hydrogen) atoms. The molecule has 0 aliphatic rings. The summed E-state index contributed by atoms with van der Waals surface area (Å²) in [5.74, 6) is 0. The number of benzene rings is 1. The summed E-state index contributed by atoms with van der Waals surface area (Å²) < 4.78 is 0. The number of nitrogens with zero attached hydrogens (tertiary/aromatic N) is 1. The van der Waals surface area contributed by atoms with Gasteiger partial charge in [-0.1, -0.05) is 55.0 Å². The van der Waals surface area contributed by atoms with Gasteiger partial charge in [0.25, 0.3) is 0 Å². The molecule has 1 N–H and O–H groups in total. The van der Waals surface area contributed by atoms with Crippen molar-refractivity contribution in [1.82, 2.24) is 5.32 Å². The van der Waals surface area contributed by atoms with Gasteiger partial charge in [-0.3, -0.25) is 10.1 Å². The molecule has 5 heteroatoms. The summed E-state index contributed by atoms with van der Waals surface area (Å²) >= 11 is 1.18. The Bertz CT molecular complexity index is 554. The van der Waals surface area contributed by atoms with Crippen LogP contribution in [0.2, 0.25) is 0 Å². The molecule has 0 saturated heterocycles. The van der Waals surface area contributed by atoms with Crippen molar-refractivity contribution < 1.29 is 4.92 Å². The highest BCUT2D eigenvalue weighted by Gasteiger charge is 2.12. The summed E-state index contributed by atoms with van der Waals surface area (Å²) in [5.41, 5.74) is 2.23. The Balaban J connectivity index is 2.00. The molecule has 0 amide bonds. The SMILES string of the molecule is CCCC(NCc1csc([N+](=O)[O-])c1)c1ccccc1. The topological polar surface area (TPSA) is 55.2 Å². The lowest BCUT2D eigenvalue weighted by Gasteiger charge is -2.18. The maximum absolute atomic E-state index is 10.7. The summed E-state index contributed by atoms with van der Waals surface area (Å²) in [6, 6.07) is 12.2. The molecule has 0 radical (unpaired) electrons. The Kier molecular flexibility index (Phi) is 5.26. The minimum atomic E-state index is -0.338. The third-order valence-electron chi connectivity index (χ3n) is 3.15. The van der Waals surface area contributed by atoms with Crippen LogP contribution in [0.15, 0.2) is 41.8 Å². The number of hydrogen-bond acceptors (Lipinski definition) is 4. The normalized spacial score (nSPS) is 12.2. The molecule has 0 saturated carbocycles. The molecule has 0 bridgehead atoms. The van der Waals surface area contributed by atoms with Crippen LogP contribution in [-0.2, 0) is 6.54 Å². The van der Waals surface area contributed by atoms with Crippen molar-refractivity contribution in [3.05, 3.63) is 63.0 Å².